The number of pyridine rings is 1. The van der Waals surface area contributed by atoms with Gasteiger partial charge < -0.3 is 9.47 Å². The van der Waals surface area contributed by atoms with Gasteiger partial charge in [0, 0.05) is 18.7 Å². The molecule has 5 nitrogen and oxygen atoms in total. The Balaban J connectivity index is 1.39. The topological polar surface area (TPSA) is 51.7 Å². The van der Waals surface area contributed by atoms with Gasteiger partial charge in [-0.15, -0.1) is 0 Å². The van der Waals surface area contributed by atoms with Crippen LogP contribution >= 0.6 is 0 Å². The Morgan fingerprint density at radius 3 is 2.75 bits per heavy atom. The average molecular weight is 378 g/mol. The summed E-state index contributed by atoms with van der Waals surface area (Å²) in [6.07, 6.45) is 12.7. The summed E-state index contributed by atoms with van der Waals surface area (Å²) in [5.41, 5.74) is 1.14. The van der Waals surface area contributed by atoms with Crippen LogP contribution in [0.15, 0.2) is 54.7 Å². The number of amides is 1. The molecule has 1 aromatic carbocycles. The van der Waals surface area contributed by atoms with E-state index in [9.17, 15) is 4.79 Å². The maximum atomic E-state index is 13.0. The van der Waals surface area contributed by atoms with Gasteiger partial charge >= 0.3 is 0 Å². The molecule has 1 saturated carbocycles. The highest BCUT2D eigenvalue weighted by Gasteiger charge is 2.26. The Hall–Kier alpha value is -2.82. The first-order valence-electron chi connectivity index (χ1n) is 10.1. The molecule has 4 rings (SSSR count). The fraction of sp³-hybridized carbons (Fsp3) is 0.391. The number of carbonyl (C=O) groups excluding carboxylic acids is 1. The number of ether oxygens (including phenoxy) is 2. The first-order chi connectivity index (χ1) is 13.8. The van der Waals surface area contributed by atoms with Gasteiger partial charge in [-0.25, -0.2) is 4.98 Å². The minimum Gasteiger partial charge on any atom is -0.454 e. The van der Waals surface area contributed by atoms with E-state index in [1.807, 2.05) is 53.5 Å². The summed E-state index contributed by atoms with van der Waals surface area (Å²) in [6.45, 7) is 0.285. The molecule has 0 unspecified atom stereocenters. The van der Waals surface area contributed by atoms with Crippen LogP contribution in [0.3, 0.4) is 0 Å². The van der Waals surface area contributed by atoms with Gasteiger partial charge in [0.25, 0.3) is 0 Å². The van der Waals surface area contributed by atoms with Crippen LogP contribution in [0.2, 0.25) is 0 Å². The average Bonchev–Trinajstić information content (AvgIpc) is 3.21. The third kappa shape index (κ3) is 4.35. The Morgan fingerprint density at radius 1 is 1.07 bits per heavy atom. The van der Waals surface area contributed by atoms with Crippen LogP contribution in [0.25, 0.3) is 0 Å². The first kappa shape index (κ1) is 18.5. The summed E-state index contributed by atoms with van der Waals surface area (Å²) < 4.78 is 10.8. The van der Waals surface area contributed by atoms with Crippen LogP contribution in [0.4, 0.5) is 5.82 Å². The van der Waals surface area contributed by atoms with E-state index in [4.69, 9.17) is 9.47 Å². The molecule has 1 fully saturated rings. The van der Waals surface area contributed by atoms with Crippen LogP contribution in [-0.2, 0) is 11.2 Å². The fourth-order valence-electron chi connectivity index (χ4n) is 3.92. The van der Waals surface area contributed by atoms with Gasteiger partial charge in [-0.3, -0.25) is 9.69 Å². The van der Waals surface area contributed by atoms with Crippen LogP contribution in [0.5, 0.6) is 11.5 Å². The summed E-state index contributed by atoms with van der Waals surface area (Å²) in [4.78, 5) is 19.4. The molecule has 2 aromatic rings. The van der Waals surface area contributed by atoms with Crippen molar-refractivity contribution in [1.29, 1.82) is 0 Å². The summed E-state index contributed by atoms with van der Waals surface area (Å²) in [5, 5.41) is 0. The molecule has 2 aliphatic rings. The number of rotatable bonds is 6. The van der Waals surface area contributed by atoms with E-state index in [0.717, 1.165) is 42.1 Å². The summed E-state index contributed by atoms with van der Waals surface area (Å²) >= 11 is 0. The van der Waals surface area contributed by atoms with Crippen molar-refractivity contribution >= 4 is 11.7 Å². The van der Waals surface area contributed by atoms with Crippen LogP contribution in [-0.4, -0.2) is 23.7 Å². The molecule has 1 aliphatic carbocycles. The monoisotopic (exact) mass is 378 g/mol. The van der Waals surface area contributed by atoms with E-state index in [1.165, 1.54) is 19.3 Å². The van der Waals surface area contributed by atoms with E-state index in [1.54, 1.807) is 6.20 Å². The van der Waals surface area contributed by atoms with Gasteiger partial charge in [0.15, 0.2) is 11.5 Å². The van der Waals surface area contributed by atoms with Crippen molar-refractivity contribution in [3.8, 4) is 11.5 Å². The highest BCUT2D eigenvalue weighted by molar-refractivity contribution is 5.93. The zero-order valence-electron chi connectivity index (χ0n) is 16.0. The van der Waals surface area contributed by atoms with Crippen molar-refractivity contribution in [2.24, 2.45) is 0 Å². The van der Waals surface area contributed by atoms with E-state index < -0.39 is 0 Å². The van der Waals surface area contributed by atoms with Crippen molar-refractivity contribution in [2.45, 2.75) is 51.0 Å². The number of allylic oxidation sites excluding steroid dienone is 1. The van der Waals surface area contributed by atoms with E-state index in [0.29, 0.717) is 6.42 Å². The quantitative estimate of drug-likeness (QED) is 0.686. The molecule has 5 heteroatoms. The lowest BCUT2D eigenvalue weighted by Gasteiger charge is -2.33. The minimum atomic E-state index is 0.118. The maximum absolute atomic E-state index is 13.0. The predicted molar refractivity (Wildman–Crippen MR) is 109 cm³/mol. The predicted octanol–water partition coefficient (Wildman–Crippen LogP) is 4.67. The number of hydrogen-bond donors (Lipinski definition) is 0. The number of benzene rings is 1. The summed E-state index contributed by atoms with van der Waals surface area (Å²) in [7, 11) is 0. The number of hydrogen-bond acceptors (Lipinski definition) is 4. The number of carbonyl (C=O) groups is 1. The highest BCUT2D eigenvalue weighted by atomic mass is 16.7. The van der Waals surface area contributed by atoms with Gasteiger partial charge in [-0.05, 0) is 49.1 Å². The van der Waals surface area contributed by atoms with Crippen molar-refractivity contribution in [3.05, 3.63) is 60.3 Å². The Morgan fingerprint density at radius 2 is 1.93 bits per heavy atom. The Bertz CT molecular complexity index is 829. The molecule has 1 amide bonds. The molecule has 1 aliphatic heterocycles. The molecule has 0 atom stereocenters. The SMILES string of the molecule is O=C(C/C=C/Cc1ccc2c(c1)OCO2)N(c1ccccn1)C1CCCCC1. The van der Waals surface area contributed by atoms with Crippen molar-refractivity contribution < 1.29 is 14.3 Å². The molecule has 0 spiro atoms. The van der Waals surface area contributed by atoms with Gasteiger partial charge in [-0.2, -0.15) is 0 Å². The normalized spacial score (nSPS) is 16.4. The van der Waals surface area contributed by atoms with E-state index in [-0.39, 0.29) is 18.7 Å². The zero-order chi connectivity index (χ0) is 19.2. The molecule has 1 aromatic heterocycles. The standard InChI is InChI=1S/C23H26N2O3/c26-23(12-5-4-8-18-13-14-20-21(16-18)28-17-27-20)25(19-9-2-1-3-10-19)22-11-6-7-15-24-22/h4-7,11,13-16,19H,1-3,8-10,12,17H2/b5-4+. The van der Waals surface area contributed by atoms with Crippen LogP contribution in [0, 0.1) is 0 Å². The molecule has 146 valence electrons. The lowest BCUT2D eigenvalue weighted by molar-refractivity contribution is -0.118. The van der Waals surface area contributed by atoms with E-state index in [2.05, 4.69) is 4.98 Å². The van der Waals surface area contributed by atoms with Gasteiger partial charge in [-0.1, -0.05) is 43.5 Å². The number of fused-ring (bicyclic) bond motifs is 1. The first-order valence-corrected chi connectivity index (χ1v) is 10.1. The number of nitrogens with zero attached hydrogens (tertiary/aromatic N) is 2. The van der Waals surface area contributed by atoms with Crippen LogP contribution in [0.1, 0.15) is 44.1 Å². The molecule has 0 saturated heterocycles. The Kier molecular flexibility index (Phi) is 5.90. The van der Waals surface area contributed by atoms with Gasteiger partial charge in [0.05, 0.1) is 0 Å². The molecule has 28 heavy (non-hydrogen) atoms. The second kappa shape index (κ2) is 8.91. The lowest BCUT2D eigenvalue weighted by Crippen LogP contribution is -2.41. The molecule has 0 bridgehead atoms. The number of anilines is 1. The molecule has 0 N–H and O–H groups in total. The van der Waals surface area contributed by atoms with Crippen molar-refractivity contribution in [1.82, 2.24) is 4.98 Å². The molecule has 0 radical (unpaired) electrons. The van der Waals surface area contributed by atoms with Gasteiger partial charge in [0.2, 0.25) is 12.7 Å². The third-order valence-electron chi connectivity index (χ3n) is 5.35. The number of aromatic nitrogens is 1. The zero-order valence-corrected chi connectivity index (χ0v) is 16.0. The second-order valence-corrected chi connectivity index (χ2v) is 7.31. The van der Waals surface area contributed by atoms with Gasteiger partial charge in [0.1, 0.15) is 5.82 Å². The minimum absolute atomic E-state index is 0.118. The maximum Gasteiger partial charge on any atom is 0.232 e. The molecule has 2 heterocycles. The molecular formula is C23H26N2O3. The van der Waals surface area contributed by atoms with Crippen LogP contribution < -0.4 is 14.4 Å². The third-order valence-corrected chi connectivity index (χ3v) is 5.35. The van der Waals surface area contributed by atoms with Crippen molar-refractivity contribution in [2.75, 3.05) is 11.7 Å². The van der Waals surface area contributed by atoms with Crippen molar-refractivity contribution in [3.63, 3.8) is 0 Å². The Labute approximate surface area is 166 Å². The summed E-state index contributed by atoms with van der Waals surface area (Å²) in [5.74, 6) is 2.47. The fourth-order valence-corrected chi connectivity index (χ4v) is 3.92. The second-order valence-electron chi connectivity index (χ2n) is 7.31. The smallest absolute Gasteiger partial charge is 0.232 e. The summed E-state index contributed by atoms with van der Waals surface area (Å²) in [6, 6.07) is 12.0. The van der Waals surface area contributed by atoms with E-state index >= 15 is 0 Å². The molecular weight excluding hydrogens is 352 g/mol. The largest absolute Gasteiger partial charge is 0.454 e. The highest BCUT2D eigenvalue weighted by Crippen LogP contribution is 2.32. The lowest BCUT2D eigenvalue weighted by atomic mass is 9.94.